The van der Waals surface area contributed by atoms with Gasteiger partial charge in [-0.1, -0.05) is 42.5 Å². The molecule has 0 aliphatic heterocycles. The van der Waals surface area contributed by atoms with Gasteiger partial charge in [-0.15, -0.1) is 0 Å². The van der Waals surface area contributed by atoms with Crippen molar-refractivity contribution < 1.29 is 27.2 Å². The SMILES string of the molecule is CN(C)S(=O)(=O)c1ccc(COC(=O)c2ccccc2NC(=O)Cc2ccccc2)o1. The van der Waals surface area contributed by atoms with E-state index < -0.39 is 16.0 Å². The Hall–Kier alpha value is -3.43. The standard InChI is InChI=1S/C22H22N2O6S/c1-24(2)31(27,28)21-13-12-17(30-21)15-29-22(26)18-10-6-7-11-19(18)23-20(25)14-16-8-4-3-5-9-16/h3-13H,14-15H2,1-2H3,(H,23,25). The molecule has 3 aromatic rings. The number of nitrogens with zero attached hydrogens (tertiary/aromatic N) is 1. The molecule has 3 rings (SSSR count). The first-order valence-corrected chi connectivity index (χ1v) is 10.8. The van der Waals surface area contributed by atoms with Crippen LogP contribution < -0.4 is 5.32 Å². The molecule has 0 saturated heterocycles. The Morgan fingerprint density at radius 3 is 2.35 bits per heavy atom. The van der Waals surface area contributed by atoms with Crippen molar-refractivity contribution in [3.63, 3.8) is 0 Å². The van der Waals surface area contributed by atoms with Gasteiger partial charge in [-0.3, -0.25) is 4.79 Å². The molecule has 9 heteroatoms. The lowest BCUT2D eigenvalue weighted by atomic mass is 10.1. The summed E-state index contributed by atoms with van der Waals surface area (Å²) >= 11 is 0. The molecule has 8 nitrogen and oxygen atoms in total. The van der Waals surface area contributed by atoms with Gasteiger partial charge in [-0.05, 0) is 29.8 Å². The molecule has 0 atom stereocenters. The van der Waals surface area contributed by atoms with Gasteiger partial charge in [0.1, 0.15) is 12.4 Å². The van der Waals surface area contributed by atoms with Crippen LogP contribution in [0.3, 0.4) is 0 Å². The zero-order valence-electron chi connectivity index (χ0n) is 17.1. The summed E-state index contributed by atoms with van der Waals surface area (Å²) < 4.78 is 35.7. The summed E-state index contributed by atoms with van der Waals surface area (Å²) in [6.45, 7) is -0.256. The third-order valence-electron chi connectivity index (χ3n) is 4.35. The topological polar surface area (TPSA) is 106 Å². The molecule has 0 fully saturated rings. The molecule has 1 N–H and O–H groups in total. The van der Waals surface area contributed by atoms with Crippen molar-refractivity contribution in [3.05, 3.63) is 83.6 Å². The van der Waals surface area contributed by atoms with Crippen molar-refractivity contribution in [3.8, 4) is 0 Å². The molecular formula is C22H22N2O6S. The Balaban J connectivity index is 1.65. The molecule has 1 heterocycles. The van der Waals surface area contributed by atoms with Crippen molar-refractivity contribution in [2.75, 3.05) is 19.4 Å². The first kappa shape index (κ1) is 22.3. The van der Waals surface area contributed by atoms with E-state index >= 15 is 0 Å². The summed E-state index contributed by atoms with van der Waals surface area (Å²) in [5.74, 6) is -0.764. The number of amides is 1. The number of benzene rings is 2. The molecule has 0 spiro atoms. The third kappa shape index (κ3) is 5.59. The maximum atomic E-state index is 12.5. The number of hydrogen-bond donors (Lipinski definition) is 1. The first-order valence-electron chi connectivity index (χ1n) is 9.38. The van der Waals surface area contributed by atoms with Gasteiger partial charge in [0.25, 0.3) is 10.0 Å². The lowest BCUT2D eigenvalue weighted by molar-refractivity contribution is -0.115. The lowest BCUT2D eigenvalue weighted by Gasteiger charge is -2.11. The maximum Gasteiger partial charge on any atom is 0.340 e. The summed E-state index contributed by atoms with van der Waals surface area (Å²) in [4.78, 5) is 24.9. The Morgan fingerprint density at radius 1 is 0.968 bits per heavy atom. The molecular weight excluding hydrogens is 420 g/mol. The van der Waals surface area contributed by atoms with Crippen molar-refractivity contribution in [1.82, 2.24) is 4.31 Å². The number of nitrogens with one attached hydrogen (secondary N) is 1. The number of furan rings is 1. The van der Waals surface area contributed by atoms with E-state index in [1.807, 2.05) is 30.3 Å². The average Bonchev–Trinajstić information content (AvgIpc) is 3.23. The van der Waals surface area contributed by atoms with Crippen LogP contribution >= 0.6 is 0 Å². The number of para-hydroxylation sites is 1. The van der Waals surface area contributed by atoms with Crippen LogP contribution in [0.4, 0.5) is 5.69 Å². The van der Waals surface area contributed by atoms with Crippen LogP contribution in [0.15, 0.2) is 76.2 Å². The van der Waals surface area contributed by atoms with Gasteiger partial charge in [0.05, 0.1) is 17.7 Å². The van der Waals surface area contributed by atoms with Crippen LogP contribution in [0.5, 0.6) is 0 Å². The van der Waals surface area contributed by atoms with Crippen molar-refractivity contribution >= 4 is 27.6 Å². The molecule has 0 unspecified atom stereocenters. The smallest absolute Gasteiger partial charge is 0.340 e. The number of hydrogen-bond acceptors (Lipinski definition) is 6. The van der Waals surface area contributed by atoms with Gasteiger partial charge in [-0.2, -0.15) is 0 Å². The number of sulfonamides is 1. The predicted octanol–water partition coefficient (Wildman–Crippen LogP) is 3.07. The number of rotatable bonds is 8. The highest BCUT2D eigenvalue weighted by atomic mass is 32.2. The fraction of sp³-hybridized carbons (Fsp3) is 0.182. The second-order valence-electron chi connectivity index (χ2n) is 6.84. The molecule has 0 saturated carbocycles. The van der Waals surface area contributed by atoms with E-state index in [4.69, 9.17) is 9.15 Å². The fourth-order valence-electron chi connectivity index (χ4n) is 2.71. The monoisotopic (exact) mass is 442 g/mol. The van der Waals surface area contributed by atoms with Gasteiger partial charge in [0.15, 0.2) is 0 Å². The van der Waals surface area contributed by atoms with Crippen molar-refractivity contribution in [2.24, 2.45) is 0 Å². The van der Waals surface area contributed by atoms with E-state index in [0.717, 1.165) is 9.87 Å². The van der Waals surface area contributed by atoms with Crippen molar-refractivity contribution in [1.29, 1.82) is 0 Å². The second-order valence-corrected chi connectivity index (χ2v) is 8.92. The summed E-state index contributed by atoms with van der Waals surface area (Å²) in [6, 6.07) is 18.5. The zero-order chi connectivity index (χ0) is 22.4. The summed E-state index contributed by atoms with van der Waals surface area (Å²) in [5.41, 5.74) is 1.35. The predicted molar refractivity (Wildman–Crippen MR) is 114 cm³/mol. The van der Waals surface area contributed by atoms with E-state index in [9.17, 15) is 18.0 Å². The van der Waals surface area contributed by atoms with Gasteiger partial charge in [0, 0.05) is 14.1 Å². The highest BCUT2D eigenvalue weighted by molar-refractivity contribution is 7.88. The number of carbonyl (C=O) groups excluding carboxylic acids is 2. The van der Waals surface area contributed by atoms with Crippen LogP contribution in [0.2, 0.25) is 0 Å². The number of carbonyl (C=O) groups is 2. The van der Waals surface area contributed by atoms with Crippen LogP contribution in [-0.2, 0) is 32.6 Å². The second kappa shape index (κ2) is 9.59. The Labute approximate surface area is 180 Å². The number of esters is 1. The quantitative estimate of drug-likeness (QED) is 0.538. The number of ether oxygens (including phenoxy) is 1. The van der Waals surface area contributed by atoms with E-state index in [-0.39, 0.29) is 35.4 Å². The highest BCUT2D eigenvalue weighted by Gasteiger charge is 2.22. The van der Waals surface area contributed by atoms with Gasteiger partial charge in [-0.25, -0.2) is 17.5 Å². The molecule has 162 valence electrons. The van der Waals surface area contributed by atoms with E-state index in [1.54, 1.807) is 18.2 Å². The molecule has 2 aromatic carbocycles. The number of anilines is 1. The van der Waals surface area contributed by atoms with Crippen molar-refractivity contribution in [2.45, 2.75) is 18.1 Å². The molecule has 1 amide bonds. The van der Waals surface area contributed by atoms with Crippen LogP contribution in [0.1, 0.15) is 21.7 Å². The maximum absolute atomic E-state index is 12.5. The summed E-state index contributed by atoms with van der Waals surface area (Å²) in [7, 11) is -0.935. The minimum Gasteiger partial charge on any atom is -0.454 e. The normalized spacial score (nSPS) is 11.3. The van der Waals surface area contributed by atoms with Gasteiger partial charge < -0.3 is 14.5 Å². The fourth-order valence-corrected chi connectivity index (χ4v) is 3.53. The zero-order valence-corrected chi connectivity index (χ0v) is 17.9. The highest BCUT2D eigenvalue weighted by Crippen LogP contribution is 2.20. The summed E-state index contributed by atoms with van der Waals surface area (Å²) in [5, 5.41) is 2.49. The molecule has 0 aliphatic rings. The van der Waals surface area contributed by atoms with Crippen LogP contribution in [-0.4, -0.2) is 38.7 Å². The molecule has 1 aromatic heterocycles. The molecule has 0 aliphatic carbocycles. The largest absolute Gasteiger partial charge is 0.454 e. The first-order chi connectivity index (χ1) is 14.8. The Kier molecular flexibility index (Phi) is 6.88. The molecule has 0 radical (unpaired) electrons. The van der Waals surface area contributed by atoms with Crippen LogP contribution in [0.25, 0.3) is 0 Å². The average molecular weight is 442 g/mol. The van der Waals surface area contributed by atoms with E-state index in [0.29, 0.717) is 5.69 Å². The third-order valence-corrected chi connectivity index (χ3v) is 6.04. The lowest BCUT2D eigenvalue weighted by Crippen LogP contribution is -2.21. The van der Waals surface area contributed by atoms with E-state index in [1.165, 1.54) is 32.3 Å². The Morgan fingerprint density at radius 2 is 1.65 bits per heavy atom. The van der Waals surface area contributed by atoms with Crippen LogP contribution in [0, 0.1) is 0 Å². The summed E-state index contributed by atoms with van der Waals surface area (Å²) in [6.07, 6.45) is 0.166. The minimum atomic E-state index is -3.71. The van der Waals surface area contributed by atoms with Gasteiger partial charge in [0.2, 0.25) is 11.0 Å². The van der Waals surface area contributed by atoms with Gasteiger partial charge >= 0.3 is 5.97 Å². The molecule has 0 bridgehead atoms. The molecule has 31 heavy (non-hydrogen) atoms. The minimum absolute atomic E-state index is 0.166. The Bertz CT molecular complexity index is 1170. The van der Waals surface area contributed by atoms with E-state index in [2.05, 4.69) is 5.32 Å².